The second kappa shape index (κ2) is 6.08. The van der Waals surface area contributed by atoms with Crippen molar-refractivity contribution in [2.45, 2.75) is 6.42 Å². The first-order valence-electron chi connectivity index (χ1n) is 8.26. The number of rotatable bonds is 2. The lowest BCUT2D eigenvalue weighted by Gasteiger charge is -2.34. The van der Waals surface area contributed by atoms with E-state index in [4.69, 9.17) is 0 Å². The van der Waals surface area contributed by atoms with Crippen LogP contribution in [0.15, 0.2) is 36.5 Å². The number of carbonyl (C=O) groups excluding carboxylic acids is 3. The highest BCUT2D eigenvalue weighted by atomic mass is 16.2. The number of nitrogens with zero attached hydrogens (tertiary/aromatic N) is 2. The summed E-state index contributed by atoms with van der Waals surface area (Å²) in [6.45, 7) is 2.02. The van der Waals surface area contributed by atoms with E-state index in [1.54, 1.807) is 46.3 Å². The Morgan fingerprint density at radius 3 is 2.36 bits per heavy atom. The van der Waals surface area contributed by atoms with Crippen molar-refractivity contribution >= 4 is 23.4 Å². The molecule has 0 unspecified atom stereocenters. The van der Waals surface area contributed by atoms with E-state index in [9.17, 15) is 14.4 Å². The Morgan fingerprint density at radius 1 is 0.960 bits per heavy atom. The van der Waals surface area contributed by atoms with Crippen LogP contribution in [0.4, 0.5) is 5.69 Å². The highest BCUT2D eigenvalue weighted by Crippen LogP contribution is 2.24. The van der Waals surface area contributed by atoms with E-state index >= 15 is 0 Å². The summed E-state index contributed by atoms with van der Waals surface area (Å²) >= 11 is 0. The molecule has 1 aromatic heterocycles. The summed E-state index contributed by atoms with van der Waals surface area (Å²) < 4.78 is 0. The Balaban J connectivity index is 1.41. The summed E-state index contributed by atoms with van der Waals surface area (Å²) in [5, 5.41) is 2.76. The van der Waals surface area contributed by atoms with Gasteiger partial charge in [0.25, 0.3) is 11.8 Å². The van der Waals surface area contributed by atoms with E-state index < -0.39 is 0 Å². The van der Waals surface area contributed by atoms with E-state index in [0.29, 0.717) is 43.9 Å². The van der Waals surface area contributed by atoms with Gasteiger partial charge in [-0.1, -0.05) is 0 Å². The number of carbonyl (C=O) groups is 3. The smallest absolute Gasteiger partial charge is 0.270 e. The minimum absolute atomic E-state index is 0.0424. The summed E-state index contributed by atoms with van der Waals surface area (Å²) in [7, 11) is 0. The molecule has 128 valence electrons. The fourth-order valence-electron chi connectivity index (χ4n) is 3.29. The van der Waals surface area contributed by atoms with Crippen LogP contribution in [0.3, 0.4) is 0 Å². The van der Waals surface area contributed by atoms with Crippen LogP contribution in [0.2, 0.25) is 0 Å². The van der Waals surface area contributed by atoms with Gasteiger partial charge in [-0.05, 0) is 35.9 Å². The molecule has 2 N–H and O–H groups in total. The number of nitrogens with one attached hydrogen (secondary N) is 2. The van der Waals surface area contributed by atoms with E-state index in [0.717, 1.165) is 11.3 Å². The van der Waals surface area contributed by atoms with Gasteiger partial charge in [0.2, 0.25) is 5.91 Å². The summed E-state index contributed by atoms with van der Waals surface area (Å²) in [6, 6.07) is 8.84. The van der Waals surface area contributed by atoms with Crippen LogP contribution in [-0.4, -0.2) is 58.7 Å². The first kappa shape index (κ1) is 15.4. The second-order valence-corrected chi connectivity index (χ2v) is 6.27. The topological polar surface area (TPSA) is 85.5 Å². The lowest BCUT2D eigenvalue weighted by molar-refractivity contribution is -0.115. The van der Waals surface area contributed by atoms with Crippen molar-refractivity contribution < 1.29 is 14.4 Å². The number of fused-ring (bicyclic) bond motifs is 1. The molecule has 0 radical (unpaired) electrons. The first-order valence-corrected chi connectivity index (χ1v) is 8.26. The van der Waals surface area contributed by atoms with Crippen molar-refractivity contribution in [3.05, 3.63) is 53.3 Å². The van der Waals surface area contributed by atoms with E-state index in [-0.39, 0.29) is 17.7 Å². The minimum Gasteiger partial charge on any atom is -0.357 e. The predicted molar refractivity (Wildman–Crippen MR) is 91.4 cm³/mol. The Morgan fingerprint density at radius 2 is 1.68 bits per heavy atom. The third-order valence-corrected chi connectivity index (χ3v) is 4.66. The lowest BCUT2D eigenvalue weighted by atomic mass is 10.1. The molecule has 0 saturated carbocycles. The number of amides is 3. The zero-order valence-electron chi connectivity index (χ0n) is 13.6. The van der Waals surface area contributed by atoms with Crippen molar-refractivity contribution in [2.24, 2.45) is 0 Å². The molecule has 1 saturated heterocycles. The van der Waals surface area contributed by atoms with Gasteiger partial charge in [-0.2, -0.15) is 0 Å². The van der Waals surface area contributed by atoms with E-state index in [1.807, 2.05) is 0 Å². The zero-order valence-corrected chi connectivity index (χ0v) is 13.6. The maximum atomic E-state index is 12.7. The first-order chi connectivity index (χ1) is 12.1. The third-order valence-electron chi connectivity index (χ3n) is 4.66. The van der Waals surface area contributed by atoms with Crippen LogP contribution in [-0.2, 0) is 11.2 Å². The van der Waals surface area contributed by atoms with Gasteiger partial charge < -0.3 is 20.1 Å². The van der Waals surface area contributed by atoms with Gasteiger partial charge in [-0.25, -0.2) is 0 Å². The Labute approximate surface area is 144 Å². The quantitative estimate of drug-likeness (QED) is 0.860. The summed E-state index contributed by atoms with van der Waals surface area (Å²) in [5.74, 6) is -0.149. The van der Waals surface area contributed by atoms with E-state index in [1.165, 1.54) is 0 Å². The number of H-pyrrole nitrogens is 1. The van der Waals surface area contributed by atoms with Crippen molar-refractivity contribution in [3.63, 3.8) is 0 Å². The van der Waals surface area contributed by atoms with Gasteiger partial charge in [-0.3, -0.25) is 14.4 Å². The summed E-state index contributed by atoms with van der Waals surface area (Å²) in [6.07, 6.45) is 2.04. The second-order valence-electron chi connectivity index (χ2n) is 6.27. The molecule has 2 aliphatic heterocycles. The molecule has 2 aliphatic rings. The average molecular weight is 338 g/mol. The molecule has 1 aromatic carbocycles. The lowest BCUT2D eigenvalue weighted by Crippen LogP contribution is -2.50. The molecule has 7 nitrogen and oxygen atoms in total. The predicted octanol–water partition coefficient (Wildman–Crippen LogP) is 1.11. The fourth-order valence-corrected chi connectivity index (χ4v) is 3.29. The molecule has 25 heavy (non-hydrogen) atoms. The van der Waals surface area contributed by atoms with Gasteiger partial charge in [0.05, 0.1) is 6.42 Å². The molecule has 0 bridgehead atoms. The van der Waals surface area contributed by atoms with Crippen LogP contribution in [0, 0.1) is 0 Å². The maximum Gasteiger partial charge on any atom is 0.270 e. The number of hydrogen-bond acceptors (Lipinski definition) is 3. The van der Waals surface area contributed by atoms with Crippen molar-refractivity contribution in [2.75, 3.05) is 31.5 Å². The molecule has 0 atom stereocenters. The molecule has 0 spiro atoms. The normalized spacial score (nSPS) is 16.6. The van der Waals surface area contributed by atoms with Crippen molar-refractivity contribution in [3.8, 4) is 0 Å². The zero-order chi connectivity index (χ0) is 17.4. The number of anilines is 1. The van der Waals surface area contributed by atoms with Gasteiger partial charge in [0.1, 0.15) is 5.69 Å². The summed E-state index contributed by atoms with van der Waals surface area (Å²) in [5.41, 5.74) is 2.79. The number of aromatic amines is 1. The number of piperazine rings is 1. The fraction of sp³-hybridized carbons (Fsp3) is 0.278. The van der Waals surface area contributed by atoms with Crippen LogP contribution in [0.1, 0.15) is 26.4 Å². The Kier molecular flexibility index (Phi) is 3.76. The molecule has 7 heteroatoms. The molecule has 3 amide bonds. The highest BCUT2D eigenvalue weighted by Gasteiger charge is 2.27. The number of benzene rings is 1. The van der Waals surface area contributed by atoms with Crippen molar-refractivity contribution in [1.82, 2.24) is 14.8 Å². The third kappa shape index (κ3) is 2.88. The molecule has 3 heterocycles. The largest absolute Gasteiger partial charge is 0.357 e. The van der Waals surface area contributed by atoms with E-state index in [2.05, 4.69) is 10.3 Å². The van der Waals surface area contributed by atoms with Gasteiger partial charge in [0, 0.05) is 43.6 Å². The summed E-state index contributed by atoms with van der Waals surface area (Å²) in [4.78, 5) is 42.9. The SMILES string of the molecule is O=C1Cc2cc(C(=O)N3CCN(C(=O)c4ccc[nH]4)CC3)ccc2N1. The highest BCUT2D eigenvalue weighted by molar-refractivity contribution is 6.01. The van der Waals surface area contributed by atoms with Gasteiger partial charge >= 0.3 is 0 Å². The standard InChI is InChI=1S/C18H18N4O3/c23-16-11-13-10-12(3-4-14(13)20-16)17(24)21-6-8-22(9-7-21)18(25)15-2-1-5-19-15/h1-5,10,19H,6-9,11H2,(H,20,23). The monoisotopic (exact) mass is 338 g/mol. The number of hydrogen-bond donors (Lipinski definition) is 2. The van der Waals surface area contributed by atoms with Crippen LogP contribution in [0.25, 0.3) is 0 Å². The van der Waals surface area contributed by atoms with Crippen molar-refractivity contribution in [1.29, 1.82) is 0 Å². The average Bonchev–Trinajstić information content (AvgIpc) is 3.28. The molecule has 1 fully saturated rings. The van der Waals surface area contributed by atoms with Gasteiger partial charge in [-0.15, -0.1) is 0 Å². The molecule has 4 rings (SSSR count). The maximum absolute atomic E-state index is 12.7. The number of aromatic nitrogens is 1. The van der Waals surface area contributed by atoms with Gasteiger partial charge in [0.15, 0.2) is 0 Å². The molecular weight excluding hydrogens is 320 g/mol. The van der Waals surface area contributed by atoms with Crippen LogP contribution >= 0.6 is 0 Å². The van der Waals surface area contributed by atoms with Crippen LogP contribution in [0.5, 0.6) is 0 Å². The Bertz CT molecular complexity index is 836. The molecule has 0 aliphatic carbocycles. The van der Waals surface area contributed by atoms with Crippen LogP contribution < -0.4 is 5.32 Å². The Hall–Kier alpha value is -3.09. The molecular formula is C18H18N4O3. The molecule has 2 aromatic rings. The minimum atomic E-state index is -0.0610.